The van der Waals surface area contributed by atoms with Gasteiger partial charge < -0.3 is 16.0 Å². The summed E-state index contributed by atoms with van der Waals surface area (Å²) in [6.07, 6.45) is 0.102. The van der Waals surface area contributed by atoms with E-state index < -0.39 is 17.4 Å². The van der Waals surface area contributed by atoms with Gasteiger partial charge in [0.1, 0.15) is 11.5 Å². The summed E-state index contributed by atoms with van der Waals surface area (Å²) in [4.78, 5) is 9.11. The zero-order chi connectivity index (χ0) is 23.3. The average molecular weight is 451 g/mol. The number of guanidine groups is 1. The third kappa shape index (κ3) is 5.91. The van der Waals surface area contributed by atoms with Crippen molar-refractivity contribution in [2.75, 3.05) is 11.9 Å². The van der Waals surface area contributed by atoms with Gasteiger partial charge in [-0.25, -0.2) is 4.98 Å². The van der Waals surface area contributed by atoms with Crippen molar-refractivity contribution in [3.05, 3.63) is 96.2 Å². The SMILES string of the molecule is CC1(Nc2cccc(-c3cccc(C(F)(F)F)c3)n2)C=CNC(=NCCc2ccccc2)N1. The second-order valence-corrected chi connectivity index (χ2v) is 7.88. The van der Waals surface area contributed by atoms with Crippen LogP contribution < -0.4 is 16.0 Å². The molecule has 0 amide bonds. The predicted molar refractivity (Wildman–Crippen MR) is 125 cm³/mol. The first-order valence-corrected chi connectivity index (χ1v) is 10.5. The second-order valence-electron chi connectivity index (χ2n) is 7.88. The van der Waals surface area contributed by atoms with E-state index in [1.807, 2.05) is 31.2 Å². The topological polar surface area (TPSA) is 61.3 Å². The first kappa shape index (κ1) is 22.4. The summed E-state index contributed by atoms with van der Waals surface area (Å²) in [5.41, 5.74) is 0.673. The Kier molecular flexibility index (Phi) is 6.35. The van der Waals surface area contributed by atoms with Crippen LogP contribution in [0.25, 0.3) is 11.3 Å². The molecule has 170 valence electrons. The maximum atomic E-state index is 13.1. The van der Waals surface area contributed by atoms with Crippen LogP contribution in [-0.2, 0) is 12.6 Å². The standard InChI is InChI=1S/C25H24F3N5/c1-24(14-16-30-23(33-24)29-15-13-18-7-3-2-4-8-18)32-22-12-6-11-21(31-22)19-9-5-10-20(17-19)25(26,27)28/h2-12,14,16-17H,13,15H2,1H3,(H,31,32)(H2,29,30,33). The minimum Gasteiger partial charge on any atom is -0.344 e. The van der Waals surface area contributed by atoms with E-state index in [9.17, 15) is 13.2 Å². The number of nitrogens with zero attached hydrogens (tertiary/aromatic N) is 2. The first-order chi connectivity index (χ1) is 15.8. The summed E-state index contributed by atoms with van der Waals surface area (Å²) in [5, 5.41) is 9.70. The lowest BCUT2D eigenvalue weighted by atomic mass is 10.1. The number of benzene rings is 2. The van der Waals surface area contributed by atoms with Gasteiger partial charge >= 0.3 is 6.18 Å². The number of aliphatic imine (C=N–C) groups is 1. The number of nitrogens with one attached hydrogen (secondary N) is 3. The quantitative estimate of drug-likeness (QED) is 0.482. The van der Waals surface area contributed by atoms with Gasteiger partial charge in [-0.15, -0.1) is 0 Å². The van der Waals surface area contributed by atoms with Crippen molar-refractivity contribution < 1.29 is 13.2 Å². The number of alkyl halides is 3. The normalized spacial score (nSPS) is 19.1. The molecular weight excluding hydrogens is 427 g/mol. The average Bonchev–Trinajstić information content (AvgIpc) is 2.79. The summed E-state index contributed by atoms with van der Waals surface area (Å²) in [6, 6.07) is 20.5. The molecule has 2 aromatic carbocycles. The first-order valence-electron chi connectivity index (χ1n) is 10.5. The molecule has 0 saturated heterocycles. The van der Waals surface area contributed by atoms with Gasteiger partial charge in [0.25, 0.3) is 0 Å². The van der Waals surface area contributed by atoms with Crippen molar-refractivity contribution in [2.24, 2.45) is 4.99 Å². The summed E-state index contributed by atoms with van der Waals surface area (Å²) in [7, 11) is 0. The molecule has 4 rings (SSSR count). The molecule has 1 atom stereocenters. The number of hydrogen-bond donors (Lipinski definition) is 3. The maximum Gasteiger partial charge on any atom is 0.416 e. The number of halogens is 3. The van der Waals surface area contributed by atoms with Crippen LogP contribution in [0.2, 0.25) is 0 Å². The van der Waals surface area contributed by atoms with Crippen LogP contribution in [0, 0.1) is 0 Å². The van der Waals surface area contributed by atoms with E-state index in [1.54, 1.807) is 30.5 Å². The van der Waals surface area contributed by atoms with Crippen LogP contribution >= 0.6 is 0 Å². The molecule has 5 nitrogen and oxygen atoms in total. The van der Waals surface area contributed by atoms with E-state index in [2.05, 4.69) is 38.1 Å². The Balaban J connectivity index is 1.46. The summed E-state index contributed by atoms with van der Waals surface area (Å²) in [5.74, 6) is 1.15. The highest BCUT2D eigenvalue weighted by Gasteiger charge is 2.30. The van der Waals surface area contributed by atoms with Crippen LogP contribution in [0.15, 0.2) is 90.1 Å². The number of hydrogen-bond acceptors (Lipinski definition) is 3. The molecule has 1 aromatic heterocycles. The summed E-state index contributed by atoms with van der Waals surface area (Å²) in [6.45, 7) is 2.54. The Labute approximate surface area is 190 Å². The number of aromatic nitrogens is 1. The molecule has 1 unspecified atom stereocenters. The van der Waals surface area contributed by atoms with Crippen molar-refractivity contribution in [2.45, 2.75) is 25.2 Å². The fraction of sp³-hybridized carbons (Fsp3) is 0.200. The van der Waals surface area contributed by atoms with Crippen LogP contribution in [-0.4, -0.2) is 23.2 Å². The van der Waals surface area contributed by atoms with E-state index in [1.165, 1.54) is 11.6 Å². The van der Waals surface area contributed by atoms with Crippen molar-refractivity contribution in [1.29, 1.82) is 0 Å². The van der Waals surface area contributed by atoms with Gasteiger partial charge in [-0.2, -0.15) is 13.2 Å². The van der Waals surface area contributed by atoms with E-state index >= 15 is 0 Å². The van der Waals surface area contributed by atoms with E-state index in [-0.39, 0.29) is 0 Å². The number of anilines is 1. The lowest BCUT2D eigenvalue weighted by Gasteiger charge is -2.33. The molecule has 1 aliphatic heterocycles. The largest absolute Gasteiger partial charge is 0.416 e. The maximum absolute atomic E-state index is 13.1. The highest BCUT2D eigenvalue weighted by Crippen LogP contribution is 2.32. The minimum absolute atomic E-state index is 0.399. The van der Waals surface area contributed by atoms with Gasteiger partial charge in [0, 0.05) is 18.3 Å². The molecule has 0 aliphatic carbocycles. The lowest BCUT2D eigenvalue weighted by molar-refractivity contribution is -0.137. The Morgan fingerprint density at radius 1 is 1.00 bits per heavy atom. The molecule has 0 saturated carbocycles. The van der Waals surface area contributed by atoms with Crippen molar-refractivity contribution >= 4 is 11.8 Å². The molecule has 3 N–H and O–H groups in total. The molecule has 0 spiro atoms. The van der Waals surface area contributed by atoms with Crippen molar-refractivity contribution in [3.63, 3.8) is 0 Å². The van der Waals surface area contributed by atoms with Crippen molar-refractivity contribution in [3.8, 4) is 11.3 Å². The van der Waals surface area contributed by atoms with Gasteiger partial charge in [0.2, 0.25) is 0 Å². The van der Waals surface area contributed by atoms with Gasteiger partial charge in [-0.1, -0.05) is 48.5 Å². The minimum atomic E-state index is -4.40. The zero-order valence-electron chi connectivity index (χ0n) is 18.0. The highest BCUT2D eigenvalue weighted by molar-refractivity contribution is 5.83. The monoisotopic (exact) mass is 451 g/mol. The summed E-state index contributed by atoms with van der Waals surface area (Å²) >= 11 is 0. The molecule has 0 bridgehead atoms. The lowest BCUT2D eigenvalue weighted by Crippen LogP contribution is -2.57. The third-order valence-corrected chi connectivity index (χ3v) is 5.15. The van der Waals surface area contributed by atoms with Gasteiger partial charge in [0.05, 0.1) is 11.3 Å². The Bertz CT molecular complexity index is 1160. The Morgan fingerprint density at radius 2 is 1.79 bits per heavy atom. The molecule has 33 heavy (non-hydrogen) atoms. The van der Waals surface area contributed by atoms with Crippen LogP contribution in [0.3, 0.4) is 0 Å². The van der Waals surface area contributed by atoms with Crippen molar-refractivity contribution in [1.82, 2.24) is 15.6 Å². The smallest absolute Gasteiger partial charge is 0.344 e. The van der Waals surface area contributed by atoms with Crippen LogP contribution in [0.5, 0.6) is 0 Å². The number of pyridine rings is 1. The summed E-state index contributed by atoms with van der Waals surface area (Å²) < 4.78 is 39.2. The Hall–Kier alpha value is -3.81. The van der Waals surface area contributed by atoms with E-state index in [4.69, 9.17) is 0 Å². The molecule has 3 aromatic rings. The predicted octanol–water partition coefficient (Wildman–Crippen LogP) is 5.20. The van der Waals surface area contributed by atoms with E-state index in [0.29, 0.717) is 29.6 Å². The van der Waals surface area contributed by atoms with Crippen LogP contribution in [0.1, 0.15) is 18.1 Å². The van der Waals surface area contributed by atoms with Gasteiger partial charge in [0.15, 0.2) is 5.96 Å². The molecule has 8 heteroatoms. The number of rotatable bonds is 6. The molecule has 0 radical (unpaired) electrons. The second kappa shape index (κ2) is 9.36. The molecular formula is C25H24F3N5. The molecule has 1 aliphatic rings. The molecule has 2 heterocycles. The van der Waals surface area contributed by atoms with Gasteiger partial charge in [-0.3, -0.25) is 4.99 Å². The Morgan fingerprint density at radius 3 is 2.58 bits per heavy atom. The fourth-order valence-corrected chi connectivity index (χ4v) is 3.50. The highest BCUT2D eigenvalue weighted by atomic mass is 19.4. The molecule has 0 fully saturated rings. The van der Waals surface area contributed by atoms with E-state index in [0.717, 1.165) is 18.6 Å². The zero-order valence-corrected chi connectivity index (χ0v) is 18.0. The third-order valence-electron chi connectivity index (χ3n) is 5.15. The fourth-order valence-electron chi connectivity index (χ4n) is 3.50. The van der Waals surface area contributed by atoms with Crippen LogP contribution in [0.4, 0.5) is 19.0 Å². The van der Waals surface area contributed by atoms with Gasteiger partial charge in [-0.05, 0) is 49.2 Å².